The summed E-state index contributed by atoms with van der Waals surface area (Å²) in [6, 6.07) is 18.0. The fourth-order valence-electron chi connectivity index (χ4n) is 4.45. The van der Waals surface area contributed by atoms with E-state index in [4.69, 9.17) is 19.4 Å². The highest BCUT2D eigenvalue weighted by Gasteiger charge is 2.21. The van der Waals surface area contributed by atoms with Gasteiger partial charge in [0.15, 0.2) is 13.2 Å². The number of benzene rings is 2. The highest BCUT2D eigenvalue weighted by molar-refractivity contribution is 6.00. The standard InChI is InChI=1S/C32H42N4O4/c1-6-29(25-9-13-28(14-10-25)39-22-31(37)33-20-24-15-17-38-18-16-24)35-40-21-27-19-30(32(3,4)5)34-36(27)26-11-7-23(2)8-12-26/h7-14,19,24H,6,15-18,20-22H2,1-5H3,(H,33,37)/b35-29+. The van der Waals surface area contributed by atoms with Crippen LogP contribution in [0.2, 0.25) is 0 Å². The molecular weight excluding hydrogens is 504 g/mol. The lowest BCUT2D eigenvalue weighted by Crippen LogP contribution is -2.35. The van der Waals surface area contributed by atoms with Crippen molar-refractivity contribution in [3.05, 3.63) is 77.1 Å². The number of amides is 1. The lowest BCUT2D eigenvalue weighted by molar-refractivity contribution is -0.123. The minimum Gasteiger partial charge on any atom is -0.484 e. The molecule has 40 heavy (non-hydrogen) atoms. The van der Waals surface area contributed by atoms with Gasteiger partial charge in [-0.3, -0.25) is 4.79 Å². The van der Waals surface area contributed by atoms with Gasteiger partial charge >= 0.3 is 0 Å². The van der Waals surface area contributed by atoms with Crippen LogP contribution in [0.5, 0.6) is 5.75 Å². The average molecular weight is 547 g/mol. The van der Waals surface area contributed by atoms with Gasteiger partial charge in [0.2, 0.25) is 0 Å². The van der Waals surface area contributed by atoms with Gasteiger partial charge in [-0.2, -0.15) is 5.10 Å². The fraction of sp³-hybridized carbons (Fsp3) is 0.469. The molecule has 3 aromatic rings. The molecule has 1 N–H and O–H groups in total. The minimum atomic E-state index is -0.112. The van der Waals surface area contributed by atoms with Crippen LogP contribution in [0.3, 0.4) is 0 Å². The largest absolute Gasteiger partial charge is 0.484 e. The van der Waals surface area contributed by atoms with Crippen LogP contribution in [0.1, 0.15) is 69.5 Å². The van der Waals surface area contributed by atoms with Crippen molar-refractivity contribution in [1.29, 1.82) is 0 Å². The van der Waals surface area contributed by atoms with E-state index >= 15 is 0 Å². The van der Waals surface area contributed by atoms with Crippen LogP contribution in [-0.2, 0) is 26.4 Å². The number of carbonyl (C=O) groups is 1. The summed E-state index contributed by atoms with van der Waals surface area (Å²) in [6.45, 7) is 13.1. The Balaban J connectivity index is 1.34. The van der Waals surface area contributed by atoms with E-state index < -0.39 is 0 Å². The number of ether oxygens (including phenoxy) is 2. The highest BCUT2D eigenvalue weighted by Crippen LogP contribution is 2.24. The Labute approximate surface area is 237 Å². The summed E-state index contributed by atoms with van der Waals surface area (Å²) in [6.07, 6.45) is 2.68. The van der Waals surface area contributed by atoms with Crippen LogP contribution in [0.25, 0.3) is 5.69 Å². The van der Waals surface area contributed by atoms with Crippen LogP contribution >= 0.6 is 0 Å². The number of rotatable bonds is 11. The predicted octanol–water partition coefficient (Wildman–Crippen LogP) is 5.73. The van der Waals surface area contributed by atoms with Gasteiger partial charge in [-0.1, -0.05) is 50.5 Å². The van der Waals surface area contributed by atoms with Gasteiger partial charge in [0.05, 0.1) is 22.8 Å². The molecule has 4 rings (SSSR count). The third-order valence-corrected chi connectivity index (χ3v) is 7.04. The minimum absolute atomic E-state index is 0.00831. The molecule has 2 aromatic carbocycles. The first-order valence-electron chi connectivity index (χ1n) is 14.2. The number of hydrogen-bond donors (Lipinski definition) is 1. The molecule has 0 radical (unpaired) electrons. The second-order valence-corrected chi connectivity index (χ2v) is 11.4. The van der Waals surface area contributed by atoms with Crippen molar-refractivity contribution < 1.29 is 19.1 Å². The Bertz CT molecular complexity index is 1270. The quantitative estimate of drug-likeness (QED) is 0.245. The number of oxime groups is 1. The molecule has 1 aliphatic heterocycles. The van der Waals surface area contributed by atoms with Gasteiger partial charge in [-0.05, 0) is 80.1 Å². The number of nitrogens with one attached hydrogen (secondary N) is 1. The molecule has 2 heterocycles. The molecule has 0 aliphatic carbocycles. The Kier molecular flexibility index (Phi) is 9.98. The van der Waals surface area contributed by atoms with Crippen LogP contribution < -0.4 is 10.1 Å². The molecule has 8 heteroatoms. The van der Waals surface area contributed by atoms with Gasteiger partial charge in [0.25, 0.3) is 5.91 Å². The zero-order valence-corrected chi connectivity index (χ0v) is 24.4. The second kappa shape index (κ2) is 13.6. The third kappa shape index (κ3) is 8.18. The normalized spacial score (nSPS) is 14.7. The Morgan fingerprint density at radius 1 is 1.10 bits per heavy atom. The SMILES string of the molecule is CC/C(=N\OCc1cc(C(C)(C)C)nn1-c1ccc(C)cc1)c1ccc(OCC(=O)NCC2CCOCC2)cc1. The van der Waals surface area contributed by atoms with Crippen molar-refractivity contribution in [1.82, 2.24) is 15.1 Å². The topological polar surface area (TPSA) is 87.0 Å². The molecular formula is C32H42N4O4. The van der Waals surface area contributed by atoms with Gasteiger partial charge in [-0.15, -0.1) is 0 Å². The smallest absolute Gasteiger partial charge is 0.257 e. The summed E-state index contributed by atoms with van der Waals surface area (Å²) in [4.78, 5) is 18.1. The Morgan fingerprint density at radius 3 is 2.45 bits per heavy atom. The number of hydrogen-bond acceptors (Lipinski definition) is 6. The summed E-state index contributed by atoms with van der Waals surface area (Å²) < 4.78 is 13.0. The monoisotopic (exact) mass is 546 g/mol. The maximum Gasteiger partial charge on any atom is 0.257 e. The van der Waals surface area contributed by atoms with Crippen molar-refractivity contribution in [2.45, 2.75) is 65.9 Å². The molecule has 1 saturated heterocycles. The van der Waals surface area contributed by atoms with E-state index in [1.807, 2.05) is 35.9 Å². The molecule has 1 aromatic heterocycles. The molecule has 8 nitrogen and oxygen atoms in total. The van der Waals surface area contributed by atoms with Crippen LogP contribution in [-0.4, -0.2) is 47.8 Å². The first-order valence-corrected chi connectivity index (χ1v) is 14.2. The van der Waals surface area contributed by atoms with Gasteiger partial charge < -0.3 is 19.6 Å². The summed E-state index contributed by atoms with van der Waals surface area (Å²) in [5.41, 5.74) is 5.82. The van der Waals surface area contributed by atoms with E-state index in [0.717, 1.165) is 54.4 Å². The summed E-state index contributed by atoms with van der Waals surface area (Å²) in [5.74, 6) is 1.01. The first-order chi connectivity index (χ1) is 19.2. The van der Waals surface area contributed by atoms with Crippen LogP contribution in [0.15, 0.2) is 59.8 Å². The molecule has 0 unspecified atom stereocenters. The van der Waals surface area contributed by atoms with E-state index in [0.29, 0.717) is 31.2 Å². The van der Waals surface area contributed by atoms with Crippen molar-refractivity contribution >= 4 is 11.6 Å². The first kappa shape index (κ1) is 29.3. The highest BCUT2D eigenvalue weighted by atomic mass is 16.6. The summed E-state index contributed by atoms with van der Waals surface area (Å²) in [7, 11) is 0. The fourth-order valence-corrected chi connectivity index (χ4v) is 4.45. The summed E-state index contributed by atoms with van der Waals surface area (Å²) in [5, 5.41) is 12.3. The number of carbonyl (C=O) groups excluding carboxylic acids is 1. The Morgan fingerprint density at radius 2 is 1.80 bits per heavy atom. The van der Waals surface area contributed by atoms with Crippen molar-refractivity contribution in [3.63, 3.8) is 0 Å². The predicted molar refractivity (Wildman–Crippen MR) is 157 cm³/mol. The molecule has 1 aliphatic rings. The van der Waals surface area contributed by atoms with E-state index in [1.54, 1.807) is 0 Å². The zero-order chi connectivity index (χ0) is 28.5. The number of aromatic nitrogens is 2. The summed E-state index contributed by atoms with van der Waals surface area (Å²) >= 11 is 0. The van der Waals surface area contributed by atoms with Gasteiger partial charge in [0.1, 0.15) is 5.75 Å². The maximum absolute atomic E-state index is 12.2. The molecule has 0 bridgehead atoms. The zero-order valence-electron chi connectivity index (χ0n) is 24.4. The Hall–Kier alpha value is -3.65. The lowest BCUT2D eigenvalue weighted by Gasteiger charge is -2.22. The average Bonchev–Trinajstić information content (AvgIpc) is 3.39. The molecule has 1 amide bonds. The molecule has 0 spiro atoms. The van der Waals surface area contributed by atoms with Crippen LogP contribution in [0.4, 0.5) is 0 Å². The van der Waals surface area contributed by atoms with Gasteiger partial charge in [0, 0.05) is 25.2 Å². The second-order valence-electron chi connectivity index (χ2n) is 11.4. The number of aryl methyl sites for hydroxylation is 1. The maximum atomic E-state index is 12.2. The molecule has 214 valence electrons. The molecule has 0 atom stereocenters. The van der Waals surface area contributed by atoms with Crippen LogP contribution in [0, 0.1) is 12.8 Å². The number of nitrogens with zero attached hydrogens (tertiary/aromatic N) is 3. The molecule has 0 saturated carbocycles. The van der Waals surface area contributed by atoms with E-state index in [9.17, 15) is 4.79 Å². The van der Waals surface area contributed by atoms with Crippen molar-refractivity contribution in [2.75, 3.05) is 26.4 Å². The third-order valence-electron chi connectivity index (χ3n) is 7.04. The van der Waals surface area contributed by atoms with E-state index in [1.165, 1.54) is 5.56 Å². The van der Waals surface area contributed by atoms with Crippen molar-refractivity contribution in [3.8, 4) is 11.4 Å². The van der Waals surface area contributed by atoms with E-state index in [2.05, 4.69) is 68.5 Å². The van der Waals surface area contributed by atoms with Crippen molar-refractivity contribution in [2.24, 2.45) is 11.1 Å². The van der Waals surface area contributed by atoms with Gasteiger partial charge in [-0.25, -0.2) is 4.68 Å². The lowest BCUT2D eigenvalue weighted by atomic mass is 9.92. The molecule has 1 fully saturated rings. The van der Waals surface area contributed by atoms with E-state index in [-0.39, 0.29) is 17.9 Å².